The third kappa shape index (κ3) is 6.76. The lowest BCUT2D eigenvalue weighted by atomic mass is 9.94. The van der Waals surface area contributed by atoms with Gasteiger partial charge >= 0.3 is 10.4 Å². The van der Waals surface area contributed by atoms with Gasteiger partial charge in [0.1, 0.15) is 11.9 Å². The number of hydrogen-bond donors (Lipinski definition) is 4. The van der Waals surface area contributed by atoms with Crippen LogP contribution < -0.4 is 10.0 Å². The van der Waals surface area contributed by atoms with Crippen LogP contribution >= 0.6 is 0 Å². The summed E-state index contributed by atoms with van der Waals surface area (Å²) in [5.41, 5.74) is 0.200. The average Bonchev–Trinajstić information content (AvgIpc) is 2.46. The maximum absolute atomic E-state index is 11.4. The second-order valence-electron chi connectivity index (χ2n) is 5.65. The largest absolute Gasteiger partial charge is 0.506 e. The molecule has 1 saturated heterocycles. The minimum atomic E-state index is -4.72. The first-order valence-corrected chi connectivity index (χ1v) is 10.5. The van der Waals surface area contributed by atoms with Crippen LogP contribution in [0.25, 0.3) is 0 Å². The second-order valence-corrected chi connectivity index (χ2v) is 8.45. The summed E-state index contributed by atoms with van der Waals surface area (Å²) >= 11 is 0. The van der Waals surface area contributed by atoms with Gasteiger partial charge in [-0.15, -0.1) is 0 Å². The molecule has 1 aliphatic heterocycles. The Morgan fingerprint density at radius 1 is 1.28 bits per heavy atom. The molecule has 2 atom stereocenters. The zero-order valence-electron chi connectivity index (χ0n) is 13.5. The zero-order chi connectivity index (χ0) is 18.0. The van der Waals surface area contributed by atoms with Gasteiger partial charge in [0, 0.05) is 6.04 Å². The maximum Gasteiger partial charge on any atom is 0.398 e. The number of phenols is 1. The van der Waals surface area contributed by atoms with E-state index >= 15 is 0 Å². The summed E-state index contributed by atoms with van der Waals surface area (Å²) in [6.45, 7) is 0.669. The second kappa shape index (κ2) is 8.29. The molecule has 0 aliphatic carbocycles. The molecule has 0 aromatic heterocycles. The third-order valence-corrected chi connectivity index (χ3v) is 4.62. The molecule has 1 aromatic rings. The summed E-state index contributed by atoms with van der Waals surface area (Å²) in [7, 11) is -8.36. The van der Waals surface area contributed by atoms with Crippen molar-refractivity contribution in [2.24, 2.45) is 0 Å². The van der Waals surface area contributed by atoms with Crippen LogP contribution in [0.15, 0.2) is 18.2 Å². The highest BCUT2D eigenvalue weighted by atomic mass is 32.3. The molecular formula is C13H22N2O8S2. The Morgan fingerprint density at radius 3 is 2.48 bits per heavy atom. The van der Waals surface area contributed by atoms with Crippen LogP contribution in [-0.2, 0) is 24.6 Å². The number of anilines is 1. The molecule has 2 unspecified atom stereocenters. The van der Waals surface area contributed by atoms with Crippen LogP contribution in [-0.4, -0.2) is 50.8 Å². The molecule has 10 nitrogen and oxygen atoms in total. The fraction of sp³-hybridized carbons (Fsp3) is 0.538. The SMILES string of the molecule is CS(=O)(=O)Nc1cc(C(OS(=O)(=O)O)C2CCCCN2)ccc1O.O. The number of hydrogen-bond acceptors (Lipinski definition) is 7. The lowest BCUT2D eigenvalue weighted by Gasteiger charge is -2.30. The molecule has 1 aromatic carbocycles. The Labute approximate surface area is 146 Å². The van der Waals surface area contributed by atoms with E-state index in [4.69, 9.17) is 8.74 Å². The van der Waals surface area contributed by atoms with Crippen molar-refractivity contribution in [3.8, 4) is 5.75 Å². The van der Waals surface area contributed by atoms with Crippen molar-refractivity contribution < 1.29 is 36.2 Å². The normalized spacial score (nSPS) is 19.7. The summed E-state index contributed by atoms with van der Waals surface area (Å²) in [4.78, 5) is 0. The summed E-state index contributed by atoms with van der Waals surface area (Å²) < 4.78 is 61.1. The van der Waals surface area contributed by atoms with Gasteiger partial charge in [0.25, 0.3) is 0 Å². The third-order valence-electron chi connectivity index (χ3n) is 3.58. The Balaban J connectivity index is 0.00000312. The molecule has 1 fully saturated rings. The van der Waals surface area contributed by atoms with Crippen molar-refractivity contribution >= 4 is 26.1 Å². The number of aromatic hydroxyl groups is 1. The predicted octanol–water partition coefficient (Wildman–Crippen LogP) is -0.0584. The lowest BCUT2D eigenvalue weighted by molar-refractivity contribution is 0.127. The fourth-order valence-corrected chi connectivity index (χ4v) is 3.71. The molecule has 25 heavy (non-hydrogen) atoms. The van der Waals surface area contributed by atoms with E-state index in [2.05, 4.69) is 10.0 Å². The topological polar surface area (TPSA) is 174 Å². The van der Waals surface area contributed by atoms with Gasteiger partial charge in [-0.05, 0) is 37.1 Å². The average molecular weight is 398 g/mol. The van der Waals surface area contributed by atoms with Crippen molar-refractivity contribution in [2.75, 3.05) is 17.5 Å². The van der Waals surface area contributed by atoms with E-state index < -0.39 is 26.5 Å². The first kappa shape index (κ1) is 21.6. The number of sulfonamides is 1. The standard InChI is InChI=1S/C13H20N2O7S2.H2O/c1-23(17,18)15-11-8-9(5-6-12(11)16)13(22-24(19,20)21)10-4-2-3-7-14-10;/h5-6,8,10,13-16H,2-4,7H2,1H3,(H,19,20,21);1H2. The quantitative estimate of drug-likeness (QED) is 0.381. The van der Waals surface area contributed by atoms with Gasteiger partial charge in [-0.1, -0.05) is 12.5 Å². The predicted molar refractivity (Wildman–Crippen MR) is 91.2 cm³/mol. The van der Waals surface area contributed by atoms with Gasteiger partial charge in [0.05, 0.1) is 11.9 Å². The summed E-state index contributed by atoms with van der Waals surface area (Å²) in [5, 5.41) is 12.9. The van der Waals surface area contributed by atoms with E-state index in [-0.39, 0.29) is 23.0 Å². The zero-order valence-corrected chi connectivity index (χ0v) is 15.1. The summed E-state index contributed by atoms with van der Waals surface area (Å²) in [5.74, 6) is -0.314. The minimum Gasteiger partial charge on any atom is -0.506 e. The van der Waals surface area contributed by atoms with Crippen LogP contribution in [0.4, 0.5) is 5.69 Å². The number of nitrogens with one attached hydrogen (secondary N) is 2. The van der Waals surface area contributed by atoms with E-state index in [1.54, 1.807) is 0 Å². The molecular weight excluding hydrogens is 376 g/mol. The van der Waals surface area contributed by atoms with E-state index in [9.17, 15) is 21.9 Å². The molecule has 0 bridgehead atoms. The Morgan fingerprint density at radius 2 is 1.96 bits per heavy atom. The van der Waals surface area contributed by atoms with Gasteiger partial charge < -0.3 is 15.9 Å². The minimum absolute atomic E-state index is 0. The Kier molecular flexibility index (Phi) is 7.17. The van der Waals surface area contributed by atoms with Crippen molar-refractivity contribution in [3.63, 3.8) is 0 Å². The highest BCUT2D eigenvalue weighted by Gasteiger charge is 2.30. The van der Waals surface area contributed by atoms with E-state index in [0.717, 1.165) is 19.1 Å². The number of phenolic OH excluding ortho intramolecular Hbond substituents is 1. The maximum atomic E-state index is 11.4. The fourth-order valence-electron chi connectivity index (χ4n) is 2.64. The van der Waals surface area contributed by atoms with Gasteiger partial charge in [-0.2, -0.15) is 8.42 Å². The van der Waals surface area contributed by atoms with Crippen molar-refractivity contribution in [1.82, 2.24) is 5.32 Å². The Bertz CT molecular complexity index is 788. The van der Waals surface area contributed by atoms with Gasteiger partial charge in [0.15, 0.2) is 0 Å². The monoisotopic (exact) mass is 398 g/mol. The van der Waals surface area contributed by atoms with Gasteiger partial charge in [-0.3, -0.25) is 9.27 Å². The summed E-state index contributed by atoms with van der Waals surface area (Å²) in [6, 6.07) is 3.54. The van der Waals surface area contributed by atoms with Crippen LogP contribution in [0.1, 0.15) is 30.9 Å². The number of piperidine rings is 1. The number of rotatable bonds is 6. The Hall–Kier alpha value is -1.44. The first-order valence-electron chi connectivity index (χ1n) is 7.25. The van der Waals surface area contributed by atoms with Gasteiger partial charge in [0.2, 0.25) is 10.0 Å². The van der Waals surface area contributed by atoms with E-state index in [1.807, 2.05) is 0 Å². The first-order chi connectivity index (χ1) is 11.1. The molecule has 6 N–H and O–H groups in total. The van der Waals surface area contributed by atoms with Crippen LogP contribution in [0.2, 0.25) is 0 Å². The van der Waals surface area contributed by atoms with E-state index in [1.165, 1.54) is 18.2 Å². The molecule has 0 amide bonds. The van der Waals surface area contributed by atoms with Crippen molar-refractivity contribution in [3.05, 3.63) is 23.8 Å². The highest BCUT2D eigenvalue weighted by Crippen LogP contribution is 2.33. The molecule has 144 valence electrons. The summed E-state index contributed by atoms with van der Waals surface area (Å²) in [6.07, 6.45) is 2.28. The lowest BCUT2D eigenvalue weighted by Crippen LogP contribution is -2.40. The van der Waals surface area contributed by atoms with Crippen LogP contribution in [0, 0.1) is 0 Å². The smallest absolute Gasteiger partial charge is 0.398 e. The molecule has 12 heteroatoms. The van der Waals surface area contributed by atoms with Gasteiger partial charge in [-0.25, -0.2) is 12.6 Å². The molecule has 1 heterocycles. The molecule has 2 rings (SSSR count). The van der Waals surface area contributed by atoms with E-state index in [0.29, 0.717) is 18.5 Å². The number of benzene rings is 1. The van der Waals surface area contributed by atoms with Crippen LogP contribution in [0.5, 0.6) is 5.75 Å². The molecule has 0 spiro atoms. The van der Waals surface area contributed by atoms with Crippen molar-refractivity contribution in [1.29, 1.82) is 0 Å². The molecule has 1 aliphatic rings. The van der Waals surface area contributed by atoms with Crippen molar-refractivity contribution in [2.45, 2.75) is 31.4 Å². The van der Waals surface area contributed by atoms with Crippen LogP contribution in [0.3, 0.4) is 0 Å². The molecule has 0 radical (unpaired) electrons. The molecule has 0 saturated carbocycles. The highest BCUT2D eigenvalue weighted by molar-refractivity contribution is 7.92.